The molecule has 0 unspecified atom stereocenters. The van der Waals surface area contributed by atoms with Crippen LogP contribution in [0.2, 0.25) is 0 Å². The molecule has 0 radical (unpaired) electrons. The maximum absolute atomic E-state index is 11.8. The molecule has 0 saturated heterocycles. The Morgan fingerprint density at radius 3 is 2.83 bits per heavy atom. The molecular weight excluding hydrogens is 272 g/mol. The third kappa shape index (κ3) is 3.90. The van der Waals surface area contributed by atoms with E-state index in [2.05, 4.69) is 10.3 Å². The van der Waals surface area contributed by atoms with E-state index in [1.807, 2.05) is 6.08 Å². The normalized spacial score (nSPS) is 12.2. The molecule has 1 heterocycles. The number of nitrogens with one attached hydrogen (secondary N) is 1. The van der Waals surface area contributed by atoms with Gasteiger partial charge in [-0.3, -0.25) is 0 Å². The fourth-order valence-electron chi connectivity index (χ4n) is 1.10. The van der Waals surface area contributed by atoms with E-state index in [4.69, 9.17) is 12.2 Å². The van der Waals surface area contributed by atoms with Gasteiger partial charge in [0.05, 0.1) is 10.7 Å². The Hall–Kier alpha value is -1.25. The minimum absolute atomic E-state index is 0.573. The van der Waals surface area contributed by atoms with Gasteiger partial charge < -0.3 is 5.32 Å². The molecule has 0 atom stereocenters. The van der Waals surface area contributed by atoms with E-state index in [1.54, 1.807) is 13.0 Å². The van der Waals surface area contributed by atoms with Gasteiger partial charge in [-0.05, 0) is 13.0 Å². The third-order valence-corrected chi connectivity index (χ3v) is 3.87. The van der Waals surface area contributed by atoms with Gasteiger partial charge in [0.15, 0.2) is 0 Å². The van der Waals surface area contributed by atoms with Gasteiger partial charge >= 0.3 is 10.2 Å². The van der Waals surface area contributed by atoms with E-state index >= 15 is 0 Å². The Kier molecular flexibility index (Phi) is 5.00. The summed E-state index contributed by atoms with van der Waals surface area (Å²) in [4.78, 5) is 4.70. The number of imidazole rings is 1. The molecule has 6 nitrogen and oxygen atoms in total. The van der Waals surface area contributed by atoms with Crippen LogP contribution in [0.4, 0.5) is 0 Å². The number of aromatic nitrogens is 2. The van der Waals surface area contributed by atoms with Crippen molar-refractivity contribution in [1.29, 1.82) is 0 Å². The molecule has 0 aromatic carbocycles. The first-order valence-electron chi connectivity index (χ1n) is 5.22. The summed E-state index contributed by atoms with van der Waals surface area (Å²) in [5, 5.41) is 2.95. The standard InChI is InChI=1S/C10H16N4O2S2/c1-9(17)11-6-4-5-10-7-14(8-12-10)18(15,16)13(2)3/h4-5,7-8H,6H2,1-3H3,(H,11,17)/b5-4+. The molecule has 1 aromatic heterocycles. The summed E-state index contributed by atoms with van der Waals surface area (Å²) in [5.41, 5.74) is 0.573. The highest BCUT2D eigenvalue weighted by Crippen LogP contribution is 2.04. The number of rotatable bonds is 5. The van der Waals surface area contributed by atoms with E-state index in [-0.39, 0.29) is 0 Å². The molecule has 0 aliphatic carbocycles. The van der Waals surface area contributed by atoms with Crippen molar-refractivity contribution in [3.8, 4) is 0 Å². The topological polar surface area (TPSA) is 67.2 Å². The van der Waals surface area contributed by atoms with Gasteiger partial charge in [-0.25, -0.2) is 8.96 Å². The Morgan fingerprint density at radius 2 is 2.28 bits per heavy atom. The Bertz CT molecular complexity index is 546. The highest BCUT2D eigenvalue weighted by atomic mass is 32.2. The third-order valence-electron chi connectivity index (χ3n) is 2.07. The van der Waals surface area contributed by atoms with Crippen LogP contribution in [0.5, 0.6) is 0 Å². The van der Waals surface area contributed by atoms with Crippen molar-refractivity contribution >= 4 is 33.5 Å². The minimum Gasteiger partial charge on any atom is -0.376 e. The van der Waals surface area contributed by atoms with Crippen LogP contribution >= 0.6 is 12.2 Å². The summed E-state index contributed by atoms with van der Waals surface area (Å²) < 4.78 is 25.7. The van der Waals surface area contributed by atoms with Gasteiger partial charge in [0.25, 0.3) is 0 Å². The molecule has 1 aromatic rings. The summed E-state index contributed by atoms with van der Waals surface area (Å²) in [6.45, 7) is 2.38. The molecule has 0 saturated carbocycles. The highest BCUT2D eigenvalue weighted by Gasteiger charge is 2.15. The quantitative estimate of drug-likeness (QED) is 0.799. The van der Waals surface area contributed by atoms with Gasteiger partial charge in [0, 0.05) is 26.8 Å². The zero-order valence-corrected chi connectivity index (χ0v) is 12.1. The van der Waals surface area contributed by atoms with E-state index in [9.17, 15) is 8.42 Å². The van der Waals surface area contributed by atoms with Crippen molar-refractivity contribution in [3.05, 3.63) is 24.3 Å². The van der Waals surface area contributed by atoms with Crippen molar-refractivity contribution in [2.45, 2.75) is 6.92 Å². The lowest BCUT2D eigenvalue weighted by molar-refractivity contribution is 0.510. The summed E-state index contributed by atoms with van der Waals surface area (Å²) in [7, 11) is -0.544. The molecule has 100 valence electrons. The van der Waals surface area contributed by atoms with Crippen LogP contribution in [0.15, 0.2) is 18.6 Å². The lowest BCUT2D eigenvalue weighted by Gasteiger charge is -2.10. The molecule has 1 rings (SSSR count). The average molecular weight is 288 g/mol. The predicted molar refractivity (Wildman–Crippen MR) is 75.5 cm³/mol. The van der Waals surface area contributed by atoms with Crippen molar-refractivity contribution < 1.29 is 8.42 Å². The van der Waals surface area contributed by atoms with Crippen LogP contribution in [0.1, 0.15) is 12.6 Å². The van der Waals surface area contributed by atoms with Gasteiger partial charge in [0.2, 0.25) is 0 Å². The van der Waals surface area contributed by atoms with E-state index < -0.39 is 10.2 Å². The fraction of sp³-hybridized carbons (Fsp3) is 0.400. The van der Waals surface area contributed by atoms with Crippen LogP contribution in [0.25, 0.3) is 6.08 Å². The Morgan fingerprint density at radius 1 is 1.61 bits per heavy atom. The maximum Gasteiger partial charge on any atom is 0.308 e. The smallest absolute Gasteiger partial charge is 0.308 e. The second-order valence-corrected chi connectivity index (χ2v) is 6.42. The van der Waals surface area contributed by atoms with E-state index in [0.29, 0.717) is 17.2 Å². The average Bonchev–Trinajstić information content (AvgIpc) is 2.73. The monoisotopic (exact) mass is 288 g/mol. The van der Waals surface area contributed by atoms with Crippen LogP contribution in [-0.4, -0.2) is 47.3 Å². The molecule has 0 aliphatic rings. The van der Waals surface area contributed by atoms with Crippen molar-refractivity contribution in [3.63, 3.8) is 0 Å². The second kappa shape index (κ2) is 6.07. The number of hydrogen-bond donors (Lipinski definition) is 1. The first-order valence-corrected chi connectivity index (χ1v) is 7.02. The largest absolute Gasteiger partial charge is 0.376 e. The van der Waals surface area contributed by atoms with Crippen LogP contribution in [0.3, 0.4) is 0 Å². The zero-order chi connectivity index (χ0) is 13.8. The first kappa shape index (κ1) is 14.8. The van der Waals surface area contributed by atoms with Crippen LogP contribution in [0, 0.1) is 0 Å². The first-order chi connectivity index (χ1) is 8.34. The van der Waals surface area contributed by atoms with Crippen molar-refractivity contribution in [2.24, 2.45) is 0 Å². The lowest BCUT2D eigenvalue weighted by Crippen LogP contribution is -2.27. The molecule has 0 aliphatic heterocycles. The number of thiocarbonyl (C=S) groups is 1. The minimum atomic E-state index is -3.48. The molecule has 0 spiro atoms. The number of nitrogens with zero attached hydrogens (tertiary/aromatic N) is 3. The van der Waals surface area contributed by atoms with Crippen LogP contribution in [-0.2, 0) is 10.2 Å². The van der Waals surface area contributed by atoms with Crippen molar-refractivity contribution in [1.82, 2.24) is 18.6 Å². The van der Waals surface area contributed by atoms with E-state index in [1.165, 1.54) is 26.6 Å². The molecule has 0 bridgehead atoms. The summed E-state index contributed by atoms with van der Waals surface area (Å²) in [6.07, 6.45) is 6.28. The lowest BCUT2D eigenvalue weighted by atomic mass is 10.4. The molecule has 1 N–H and O–H groups in total. The van der Waals surface area contributed by atoms with E-state index in [0.717, 1.165) is 8.28 Å². The molecular formula is C10H16N4O2S2. The molecule has 0 fully saturated rings. The van der Waals surface area contributed by atoms with Gasteiger partial charge in [-0.15, -0.1) is 0 Å². The van der Waals surface area contributed by atoms with Gasteiger partial charge in [-0.2, -0.15) is 12.7 Å². The Labute approximate surface area is 112 Å². The van der Waals surface area contributed by atoms with Gasteiger partial charge in [-0.1, -0.05) is 18.3 Å². The maximum atomic E-state index is 11.8. The summed E-state index contributed by atoms with van der Waals surface area (Å²) >= 11 is 4.86. The molecule has 18 heavy (non-hydrogen) atoms. The van der Waals surface area contributed by atoms with Gasteiger partial charge in [0.1, 0.15) is 6.33 Å². The summed E-state index contributed by atoms with van der Waals surface area (Å²) in [5.74, 6) is 0. The predicted octanol–water partition coefficient (Wildman–Crippen LogP) is 0.488. The summed E-state index contributed by atoms with van der Waals surface area (Å²) in [6, 6.07) is 0. The SMILES string of the molecule is CC(=S)NC/C=C/c1cn(S(=O)(=O)N(C)C)cn1. The zero-order valence-electron chi connectivity index (χ0n) is 10.5. The molecule has 8 heteroatoms. The van der Waals surface area contributed by atoms with Crippen molar-refractivity contribution in [2.75, 3.05) is 20.6 Å². The highest BCUT2D eigenvalue weighted by molar-refractivity contribution is 7.87. The number of hydrogen-bond acceptors (Lipinski definition) is 4. The Balaban J connectivity index is 2.73. The van der Waals surface area contributed by atoms with Crippen LogP contribution < -0.4 is 5.32 Å². The molecule has 0 amide bonds. The second-order valence-electron chi connectivity index (χ2n) is 3.76. The fourth-order valence-corrected chi connectivity index (χ4v) is 1.97.